The highest BCUT2D eigenvalue weighted by atomic mass is 31.2. The van der Waals surface area contributed by atoms with Gasteiger partial charge in [0.2, 0.25) is 0 Å². The fourth-order valence-corrected chi connectivity index (χ4v) is 3.78. The molecular formula is C15H24N7O5P. The highest BCUT2D eigenvalue weighted by molar-refractivity contribution is 7.56. The number of carboxylic acid groups (broad SMARTS) is 1. The van der Waals surface area contributed by atoms with Crippen LogP contribution < -0.4 is 10.8 Å². The number of nitrogens with one attached hydrogen (secondary N) is 1. The zero-order valence-corrected chi connectivity index (χ0v) is 17.0. The molecule has 0 saturated heterocycles. The molecule has 2 aromatic rings. The third kappa shape index (κ3) is 5.72. The number of carbonyl (C=O) groups is 1. The summed E-state index contributed by atoms with van der Waals surface area (Å²) in [6.45, 7) is 6.78. The van der Waals surface area contributed by atoms with Crippen LogP contribution in [0.2, 0.25) is 0 Å². The van der Waals surface area contributed by atoms with E-state index in [4.69, 9.17) is 20.2 Å². The number of aromatic nitrogens is 4. The first-order valence-corrected chi connectivity index (χ1v) is 10.2. The smallest absolute Gasteiger partial charge is 0.364 e. The maximum atomic E-state index is 12.9. The van der Waals surface area contributed by atoms with Gasteiger partial charge in [0, 0.05) is 0 Å². The molecule has 3 atom stereocenters. The van der Waals surface area contributed by atoms with Crippen molar-refractivity contribution in [2.24, 2.45) is 5.16 Å². The van der Waals surface area contributed by atoms with E-state index in [2.05, 4.69) is 25.2 Å². The van der Waals surface area contributed by atoms with Crippen LogP contribution >= 0.6 is 7.52 Å². The van der Waals surface area contributed by atoms with Crippen molar-refractivity contribution in [3.63, 3.8) is 0 Å². The Morgan fingerprint density at radius 3 is 2.75 bits per heavy atom. The molecule has 13 heteroatoms. The van der Waals surface area contributed by atoms with Crippen LogP contribution in [0, 0.1) is 0 Å². The van der Waals surface area contributed by atoms with Gasteiger partial charge >= 0.3 is 13.5 Å². The lowest BCUT2D eigenvalue weighted by Gasteiger charge is -2.22. The van der Waals surface area contributed by atoms with Crippen molar-refractivity contribution in [3.05, 3.63) is 12.7 Å². The van der Waals surface area contributed by atoms with Crippen LogP contribution in [0.1, 0.15) is 27.7 Å². The van der Waals surface area contributed by atoms with E-state index in [1.54, 1.807) is 31.7 Å². The molecular weight excluding hydrogens is 389 g/mol. The summed E-state index contributed by atoms with van der Waals surface area (Å²) in [6.07, 6.45) is 2.11. The number of rotatable bonds is 10. The minimum Gasteiger partial charge on any atom is -0.480 e. The maximum absolute atomic E-state index is 12.9. The molecule has 2 rings (SSSR count). The number of nitrogens with zero attached hydrogens (tertiary/aromatic N) is 5. The number of nitrogens with two attached hydrogens (primary N) is 1. The summed E-state index contributed by atoms with van der Waals surface area (Å²) in [5.74, 6) is -0.897. The minimum atomic E-state index is -3.69. The van der Waals surface area contributed by atoms with E-state index < -0.39 is 25.6 Å². The molecule has 0 bridgehead atoms. The molecule has 1 unspecified atom stereocenters. The average molecular weight is 413 g/mol. The second kappa shape index (κ2) is 9.09. The van der Waals surface area contributed by atoms with Crippen molar-refractivity contribution < 1.29 is 23.8 Å². The molecule has 2 heterocycles. The molecule has 0 aliphatic heterocycles. The van der Waals surface area contributed by atoms with Crippen LogP contribution in [-0.2, 0) is 25.3 Å². The molecule has 0 aliphatic carbocycles. The van der Waals surface area contributed by atoms with Crippen molar-refractivity contribution in [3.8, 4) is 0 Å². The lowest BCUT2D eigenvalue weighted by molar-refractivity contribution is -0.138. The summed E-state index contributed by atoms with van der Waals surface area (Å²) in [6, 6.07) is -1.10. The summed E-state index contributed by atoms with van der Waals surface area (Å²) in [5, 5.41) is 15.2. The minimum absolute atomic E-state index is 0.273. The number of ether oxygens (including phenoxy) is 1. The highest BCUT2D eigenvalue weighted by Crippen LogP contribution is 2.43. The quantitative estimate of drug-likeness (QED) is 0.294. The van der Waals surface area contributed by atoms with Crippen molar-refractivity contribution in [2.75, 3.05) is 12.1 Å². The monoisotopic (exact) mass is 413 g/mol. The van der Waals surface area contributed by atoms with Crippen molar-refractivity contribution in [1.82, 2.24) is 24.6 Å². The molecule has 0 saturated carbocycles. The fraction of sp³-hybridized carbons (Fsp3) is 0.533. The number of anilines is 1. The van der Waals surface area contributed by atoms with Crippen LogP contribution in [-0.4, -0.2) is 54.8 Å². The molecule has 0 amide bonds. The van der Waals surface area contributed by atoms with Crippen LogP contribution in [0.25, 0.3) is 11.2 Å². The van der Waals surface area contributed by atoms with E-state index in [0.29, 0.717) is 23.4 Å². The van der Waals surface area contributed by atoms with Gasteiger partial charge < -0.3 is 24.8 Å². The largest absolute Gasteiger partial charge is 0.480 e. The summed E-state index contributed by atoms with van der Waals surface area (Å²) in [5.41, 5.74) is 7.32. The van der Waals surface area contributed by atoms with Crippen LogP contribution in [0.3, 0.4) is 0 Å². The van der Waals surface area contributed by atoms with E-state index in [0.717, 1.165) is 0 Å². The first-order valence-electron chi connectivity index (χ1n) is 8.44. The zero-order valence-electron chi connectivity index (χ0n) is 16.1. The Bertz CT molecular complexity index is 911. The Kier molecular flexibility index (Phi) is 7.05. The van der Waals surface area contributed by atoms with Crippen molar-refractivity contribution in [1.29, 1.82) is 0 Å². The van der Waals surface area contributed by atoms with Gasteiger partial charge in [-0.2, -0.15) is 0 Å². The lowest BCUT2D eigenvalue weighted by Crippen LogP contribution is -2.33. The lowest BCUT2D eigenvalue weighted by atomic mass is 10.4. The first kappa shape index (κ1) is 21.7. The van der Waals surface area contributed by atoms with Gasteiger partial charge in [-0.3, -0.25) is 9.36 Å². The second-order valence-corrected chi connectivity index (χ2v) is 8.44. The SMILES string of the molecule is CC(C)=NOP(=O)(CO[C@H](C)Cn1cnc2c(N)ncnc21)N[C@@H](C)C(=O)O. The molecule has 0 fully saturated rings. The number of oxime groups is 1. The van der Waals surface area contributed by atoms with E-state index in [9.17, 15) is 9.36 Å². The van der Waals surface area contributed by atoms with E-state index >= 15 is 0 Å². The Balaban J connectivity index is 2.06. The second-order valence-electron chi connectivity index (χ2n) is 6.42. The number of carboxylic acids is 1. The standard InChI is InChI=1S/C15H24N7O5P/c1-9(2)20-27-28(25,21-11(4)15(23)24)8-26-10(3)5-22-7-19-12-13(16)17-6-18-14(12)22/h6-7,10-11H,5,8H2,1-4H3,(H,21,25)(H,23,24)(H2,16,17,18)/t10-,11+,28?/m1/s1. The molecule has 154 valence electrons. The number of aliphatic carboxylic acids is 1. The fourth-order valence-electron chi connectivity index (χ4n) is 2.17. The van der Waals surface area contributed by atoms with Gasteiger partial charge in [0.05, 0.1) is 24.7 Å². The molecule has 4 N–H and O–H groups in total. The summed E-state index contributed by atoms with van der Waals surface area (Å²) in [7, 11) is -3.69. The van der Waals surface area contributed by atoms with Crippen LogP contribution in [0.4, 0.5) is 5.82 Å². The molecule has 0 radical (unpaired) electrons. The van der Waals surface area contributed by atoms with Gasteiger partial charge in [-0.05, 0) is 27.7 Å². The van der Waals surface area contributed by atoms with Crippen LogP contribution in [0.15, 0.2) is 17.8 Å². The van der Waals surface area contributed by atoms with Crippen LogP contribution in [0.5, 0.6) is 0 Å². The molecule has 0 aliphatic rings. The summed E-state index contributed by atoms with van der Waals surface area (Å²) < 4.78 is 25.3. The maximum Gasteiger partial charge on any atom is 0.364 e. The highest BCUT2D eigenvalue weighted by Gasteiger charge is 2.31. The first-order chi connectivity index (χ1) is 13.1. The summed E-state index contributed by atoms with van der Waals surface area (Å²) >= 11 is 0. The third-order valence-electron chi connectivity index (χ3n) is 3.53. The van der Waals surface area contributed by atoms with Gasteiger partial charge in [-0.1, -0.05) is 5.16 Å². The van der Waals surface area contributed by atoms with Gasteiger partial charge in [0.1, 0.15) is 24.2 Å². The van der Waals surface area contributed by atoms with E-state index in [1.165, 1.54) is 13.3 Å². The number of imidazole rings is 1. The predicted octanol–water partition coefficient (Wildman–Crippen LogP) is 1.44. The topological polar surface area (TPSA) is 167 Å². The molecule has 2 aromatic heterocycles. The molecule has 28 heavy (non-hydrogen) atoms. The predicted molar refractivity (Wildman–Crippen MR) is 103 cm³/mol. The van der Waals surface area contributed by atoms with Gasteiger partial charge in [-0.15, -0.1) is 0 Å². The normalized spacial score (nSPS) is 15.6. The third-order valence-corrected chi connectivity index (χ3v) is 5.14. The Morgan fingerprint density at radius 1 is 1.39 bits per heavy atom. The number of fused-ring (bicyclic) bond motifs is 1. The number of hydrogen-bond donors (Lipinski definition) is 3. The van der Waals surface area contributed by atoms with Gasteiger partial charge in [-0.25, -0.2) is 20.0 Å². The summed E-state index contributed by atoms with van der Waals surface area (Å²) in [4.78, 5) is 23.3. The average Bonchev–Trinajstić information content (AvgIpc) is 3.03. The Hall–Kier alpha value is -2.56. The number of hydrogen-bond acceptors (Lipinski definition) is 9. The Morgan fingerprint density at radius 2 is 2.11 bits per heavy atom. The van der Waals surface area contributed by atoms with Gasteiger partial charge in [0.25, 0.3) is 0 Å². The van der Waals surface area contributed by atoms with E-state index in [-0.39, 0.29) is 12.2 Å². The van der Waals surface area contributed by atoms with Crippen molar-refractivity contribution in [2.45, 2.75) is 46.4 Å². The van der Waals surface area contributed by atoms with Gasteiger partial charge in [0.15, 0.2) is 11.5 Å². The molecule has 0 spiro atoms. The van der Waals surface area contributed by atoms with E-state index in [1.807, 2.05) is 0 Å². The van der Waals surface area contributed by atoms with Crippen molar-refractivity contribution >= 4 is 36.2 Å². The number of nitrogen functional groups attached to an aromatic ring is 1. The Labute approximate surface area is 161 Å². The molecule has 12 nitrogen and oxygen atoms in total. The zero-order chi connectivity index (χ0) is 20.9. The molecule has 0 aromatic carbocycles.